The second-order valence-electron chi connectivity index (χ2n) is 7.74. The van der Waals surface area contributed by atoms with E-state index in [9.17, 15) is 0 Å². The third-order valence-electron chi connectivity index (χ3n) is 4.93. The predicted octanol–water partition coefficient (Wildman–Crippen LogP) is 3.76. The van der Waals surface area contributed by atoms with E-state index in [-0.39, 0.29) is 24.0 Å². The zero-order chi connectivity index (χ0) is 20.2. The molecule has 2 rings (SSSR count). The molecule has 2 N–H and O–H groups in total. The van der Waals surface area contributed by atoms with E-state index < -0.39 is 0 Å². The van der Waals surface area contributed by atoms with Gasteiger partial charge in [-0.2, -0.15) is 0 Å². The van der Waals surface area contributed by atoms with Gasteiger partial charge in [0, 0.05) is 51.1 Å². The maximum Gasteiger partial charge on any atom is 0.191 e. The lowest BCUT2D eigenvalue weighted by Gasteiger charge is -2.19. The van der Waals surface area contributed by atoms with Crippen LogP contribution in [0.4, 0.5) is 5.69 Å². The van der Waals surface area contributed by atoms with Crippen molar-refractivity contribution in [2.24, 2.45) is 16.8 Å². The molecular weight excluding hydrogens is 479 g/mol. The highest BCUT2D eigenvalue weighted by Crippen LogP contribution is 2.26. The van der Waals surface area contributed by atoms with Crippen LogP contribution < -0.4 is 20.3 Å². The number of halogens is 1. The molecule has 0 radical (unpaired) electrons. The smallest absolute Gasteiger partial charge is 0.191 e. The third kappa shape index (κ3) is 9.89. The minimum atomic E-state index is 0. The van der Waals surface area contributed by atoms with E-state index in [0.717, 1.165) is 57.5 Å². The number of rotatable bonds is 11. The molecule has 0 spiro atoms. The zero-order valence-corrected chi connectivity index (χ0v) is 20.8. The number of benzene rings is 1. The van der Waals surface area contributed by atoms with Gasteiger partial charge in [-0.15, -0.1) is 24.0 Å². The molecule has 166 valence electrons. The van der Waals surface area contributed by atoms with Gasteiger partial charge in [0.2, 0.25) is 0 Å². The average Bonchev–Trinajstić information content (AvgIpc) is 3.17. The van der Waals surface area contributed by atoms with Crippen molar-refractivity contribution in [3.63, 3.8) is 0 Å². The Hall–Kier alpha value is -1.22. The van der Waals surface area contributed by atoms with E-state index in [4.69, 9.17) is 14.5 Å². The second kappa shape index (κ2) is 14.7. The van der Waals surface area contributed by atoms with Crippen molar-refractivity contribution in [3.05, 3.63) is 24.3 Å². The maximum absolute atomic E-state index is 5.67. The standard InChI is InChI=1S/C22H38N4O2.HI/c1-5-23-22(24-11-14-28-13-10-18(2)3)25-16-19-9-12-26(17-19)20-7-6-8-21(15-20)27-4;/h6-8,15,18-19H,5,9-14,16-17H2,1-4H3,(H2,23,24,25);1H. The summed E-state index contributed by atoms with van der Waals surface area (Å²) in [5.74, 6) is 3.06. The number of nitrogens with zero attached hydrogens (tertiary/aromatic N) is 2. The van der Waals surface area contributed by atoms with Gasteiger partial charge in [-0.3, -0.25) is 4.99 Å². The molecule has 0 aromatic heterocycles. The van der Waals surface area contributed by atoms with Gasteiger partial charge in [-0.05, 0) is 43.7 Å². The van der Waals surface area contributed by atoms with E-state index in [1.54, 1.807) is 7.11 Å². The Kier molecular flexibility index (Phi) is 13.1. The molecule has 7 heteroatoms. The number of hydrogen-bond acceptors (Lipinski definition) is 4. The lowest BCUT2D eigenvalue weighted by atomic mass is 10.1. The number of guanidine groups is 1. The molecule has 1 aromatic carbocycles. The molecule has 1 aliphatic rings. The van der Waals surface area contributed by atoms with Crippen LogP contribution in [0.5, 0.6) is 5.75 Å². The Morgan fingerprint density at radius 1 is 1.28 bits per heavy atom. The van der Waals surface area contributed by atoms with Crippen molar-refractivity contribution in [3.8, 4) is 5.75 Å². The van der Waals surface area contributed by atoms with E-state index >= 15 is 0 Å². The van der Waals surface area contributed by atoms with Crippen molar-refractivity contribution in [2.45, 2.75) is 33.6 Å². The van der Waals surface area contributed by atoms with Gasteiger partial charge in [0.05, 0.1) is 13.7 Å². The van der Waals surface area contributed by atoms with Crippen LogP contribution in [0, 0.1) is 11.8 Å². The van der Waals surface area contributed by atoms with E-state index in [1.807, 2.05) is 6.07 Å². The zero-order valence-electron chi connectivity index (χ0n) is 18.4. The van der Waals surface area contributed by atoms with E-state index in [2.05, 4.69) is 54.5 Å². The van der Waals surface area contributed by atoms with Gasteiger partial charge in [-0.1, -0.05) is 19.9 Å². The van der Waals surface area contributed by atoms with E-state index in [0.29, 0.717) is 18.4 Å². The second-order valence-corrected chi connectivity index (χ2v) is 7.74. The summed E-state index contributed by atoms with van der Waals surface area (Å²) >= 11 is 0. The molecule has 1 heterocycles. The molecular formula is C22H39IN4O2. The number of ether oxygens (including phenoxy) is 2. The summed E-state index contributed by atoms with van der Waals surface area (Å²) in [5.41, 5.74) is 1.23. The van der Waals surface area contributed by atoms with Gasteiger partial charge in [-0.25, -0.2) is 0 Å². The first-order chi connectivity index (χ1) is 13.6. The highest BCUT2D eigenvalue weighted by molar-refractivity contribution is 14.0. The molecule has 1 atom stereocenters. The molecule has 1 fully saturated rings. The molecule has 0 bridgehead atoms. The average molecular weight is 518 g/mol. The van der Waals surface area contributed by atoms with Crippen molar-refractivity contribution in [1.82, 2.24) is 10.6 Å². The van der Waals surface area contributed by atoms with Crippen LogP contribution in [-0.2, 0) is 4.74 Å². The third-order valence-corrected chi connectivity index (χ3v) is 4.93. The summed E-state index contributed by atoms with van der Waals surface area (Å²) in [6.45, 7) is 12.7. The quantitative estimate of drug-likeness (QED) is 0.202. The Labute approximate surface area is 193 Å². The first-order valence-corrected chi connectivity index (χ1v) is 10.6. The summed E-state index contributed by atoms with van der Waals surface area (Å²) in [7, 11) is 1.71. The number of methoxy groups -OCH3 is 1. The van der Waals surface area contributed by atoms with Crippen LogP contribution in [0.15, 0.2) is 29.3 Å². The summed E-state index contributed by atoms with van der Waals surface area (Å²) in [4.78, 5) is 7.21. The molecule has 1 saturated heterocycles. The fourth-order valence-corrected chi connectivity index (χ4v) is 3.25. The molecule has 0 amide bonds. The minimum absolute atomic E-state index is 0. The number of hydrogen-bond donors (Lipinski definition) is 2. The molecule has 0 aliphatic carbocycles. The highest BCUT2D eigenvalue weighted by atomic mass is 127. The predicted molar refractivity (Wildman–Crippen MR) is 133 cm³/mol. The first-order valence-electron chi connectivity index (χ1n) is 10.6. The number of aliphatic imine (C=N–C) groups is 1. The summed E-state index contributed by atoms with van der Waals surface area (Å²) in [5, 5.41) is 6.70. The number of anilines is 1. The monoisotopic (exact) mass is 518 g/mol. The van der Waals surface area contributed by atoms with Gasteiger partial charge in [0.15, 0.2) is 5.96 Å². The van der Waals surface area contributed by atoms with Crippen LogP contribution in [0.2, 0.25) is 0 Å². The fourth-order valence-electron chi connectivity index (χ4n) is 3.25. The van der Waals surface area contributed by atoms with Gasteiger partial charge in [0.25, 0.3) is 0 Å². The molecule has 6 nitrogen and oxygen atoms in total. The van der Waals surface area contributed by atoms with Crippen LogP contribution in [0.3, 0.4) is 0 Å². The first kappa shape index (κ1) is 25.8. The molecule has 1 aliphatic heterocycles. The summed E-state index contributed by atoms with van der Waals surface area (Å²) in [6.07, 6.45) is 2.28. The lowest BCUT2D eigenvalue weighted by Crippen LogP contribution is -2.39. The van der Waals surface area contributed by atoms with Crippen molar-refractivity contribution in [2.75, 3.05) is 57.9 Å². The number of nitrogens with one attached hydrogen (secondary N) is 2. The van der Waals surface area contributed by atoms with Crippen LogP contribution in [-0.4, -0.2) is 59.0 Å². The molecule has 1 aromatic rings. The van der Waals surface area contributed by atoms with Gasteiger partial charge >= 0.3 is 0 Å². The Morgan fingerprint density at radius 2 is 2.10 bits per heavy atom. The van der Waals surface area contributed by atoms with Crippen molar-refractivity contribution in [1.29, 1.82) is 0 Å². The lowest BCUT2D eigenvalue weighted by molar-refractivity contribution is 0.128. The normalized spacial score (nSPS) is 16.7. The summed E-state index contributed by atoms with van der Waals surface area (Å²) in [6, 6.07) is 8.30. The minimum Gasteiger partial charge on any atom is -0.497 e. The Morgan fingerprint density at radius 3 is 2.83 bits per heavy atom. The molecule has 0 saturated carbocycles. The van der Waals surface area contributed by atoms with E-state index in [1.165, 1.54) is 12.1 Å². The molecule has 1 unspecified atom stereocenters. The van der Waals surface area contributed by atoms with Crippen molar-refractivity contribution >= 4 is 35.6 Å². The SMILES string of the molecule is CCNC(=NCC1CCN(c2cccc(OC)c2)C1)NCCOCCC(C)C.I. The Bertz CT molecular complexity index is 598. The maximum atomic E-state index is 5.67. The van der Waals surface area contributed by atoms with Crippen LogP contribution in [0.1, 0.15) is 33.6 Å². The van der Waals surface area contributed by atoms with Crippen LogP contribution >= 0.6 is 24.0 Å². The van der Waals surface area contributed by atoms with Gasteiger partial charge < -0.3 is 25.0 Å². The van der Waals surface area contributed by atoms with Crippen LogP contribution in [0.25, 0.3) is 0 Å². The largest absolute Gasteiger partial charge is 0.497 e. The molecule has 29 heavy (non-hydrogen) atoms. The topological polar surface area (TPSA) is 58.1 Å². The highest BCUT2D eigenvalue weighted by Gasteiger charge is 2.22. The van der Waals surface area contributed by atoms with Crippen molar-refractivity contribution < 1.29 is 9.47 Å². The van der Waals surface area contributed by atoms with Gasteiger partial charge in [0.1, 0.15) is 5.75 Å². The Balaban J connectivity index is 0.00000420. The fraction of sp³-hybridized carbons (Fsp3) is 0.682. The summed E-state index contributed by atoms with van der Waals surface area (Å²) < 4.78 is 11.0.